The zero-order valence-electron chi connectivity index (χ0n) is 16.5. The number of ether oxygens (including phenoxy) is 1. The maximum absolute atomic E-state index is 13.3. The normalized spacial score (nSPS) is 18.8. The highest BCUT2D eigenvalue weighted by Gasteiger charge is 2.31. The number of fused-ring (bicyclic) bond motifs is 1. The van der Waals surface area contributed by atoms with Crippen LogP contribution in [0.5, 0.6) is 5.75 Å². The van der Waals surface area contributed by atoms with Crippen molar-refractivity contribution < 1.29 is 19.4 Å². The second-order valence-electron chi connectivity index (χ2n) is 7.45. The van der Waals surface area contributed by atoms with E-state index in [9.17, 15) is 14.7 Å². The van der Waals surface area contributed by atoms with E-state index >= 15 is 0 Å². The lowest BCUT2D eigenvalue weighted by atomic mass is 10.1. The first-order valence-corrected chi connectivity index (χ1v) is 9.59. The van der Waals surface area contributed by atoms with Crippen molar-refractivity contribution in [2.45, 2.75) is 26.4 Å². The number of aliphatic imine (C=N–C) groups is 1. The first-order valence-electron chi connectivity index (χ1n) is 9.59. The third-order valence-electron chi connectivity index (χ3n) is 5.16. The van der Waals surface area contributed by atoms with E-state index in [2.05, 4.69) is 4.99 Å². The number of anilines is 1. The third-order valence-corrected chi connectivity index (χ3v) is 5.16. The van der Waals surface area contributed by atoms with Crippen molar-refractivity contribution in [1.29, 1.82) is 0 Å². The minimum Gasteiger partial charge on any atom is -0.508 e. The summed E-state index contributed by atoms with van der Waals surface area (Å²) in [6.07, 6.45) is 0. The van der Waals surface area contributed by atoms with Crippen LogP contribution in [0.1, 0.15) is 28.4 Å². The van der Waals surface area contributed by atoms with Crippen molar-refractivity contribution in [3.63, 3.8) is 0 Å². The topological polar surface area (TPSA) is 82.4 Å². The van der Waals surface area contributed by atoms with Gasteiger partial charge in [-0.3, -0.25) is 14.5 Å². The molecule has 1 unspecified atom stereocenters. The van der Waals surface area contributed by atoms with Crippen LogP contribution < -0.4 is 4.90 Å². The molecule has 2 aromatic rings. The fourth-order valence-electron chi connectivity index (χ4n) is 3.67. The molecule has 0 aliphatic carbocycles. The first-order chi connectivity index (χ1) is 13.9. The molecule has 29 heavy (non-hydrogen) atoms. The molecule has 1 atom stereocenters. The van der Waals surface area contributed by atoms with E-state index in [1.807, 2.05) is 31.2 Å². The number of benzene rings is 2. The van der Waals surface area contributed by atoms with E-state index in [0.717, 1.165) is 5.56 Å². The summed E-state index contributed by atoms with van der Waals surface area (Å²) in [5.74, 6) is 0.215. The average molecular weight is 393 g/mol. The molecule has 0 saturated heterocycles. The number of phenolic OH excluding ortho intramolecular Hbond substituents is 1. The molecule has 0 radical (unpaired) electrons. The number of amides is 2. The van der Waals surface area contributed by atoms with Gasteiger partial charge in [0.05, 0.1) is 12.6 Å². The number of hydrogen-bond donors (Lipinski definition) is 1. The van der Waals surface area contributed by atoms with E-state index in [0.29, 0.717) is 35.9 Å². The molecule has 0 fully saturated rings. The Morgan fingerprint density at radius 2 is 2.03 bits per heavy atom. The molecular weight excluding hydrogens is 370 g/mol. The number of hydrogen-bond acceptors (Lipinski definition) is 5. The zero-order valence-corrected chi connectivity index (χ0v) is 16.5. The highest BCUT2D eigenvalue weighted by Crippen LogP contribution is 2.28. The van der Waals surface area contributed by atoms with Crippen LogP contribution in [-0.2, 0) is 16.1 Å². The predicted octanol–water partition coefficient (Wildman–Crippen LogP) is 2.51. The number of aromatic hydroxyl groups is 1. The Balaban J connectivity index is 1.66. The molecule has 2 aliphatic rings. The Labute approximate surface area is 169 Å². The number of carbonyl (C=O) groups is 2. The molecule has 150 valence electrons. The lowest BCUT2D eigenvalue weighted by Crippen LogP contribution is -2.42. The van der Waals surface area contributed by atoms with Crippen molar-refractivity contribution in [3.8, 4) is 5.75 Å². The summed E-state index contributed by atoms with van der Waals surface area (Å²) < 4.78 is 5.57. The predicted molar refractivity (Wildman–Crippen MR) is 109 cm³/mol. The van der Waals surface area contributed by atoms with Crippen LogP contribution in [0.25, 0.3) is 0 Å². The highest BCUT2D eigenvalue weighted by molar-refractivity contribution is 6.10. The van der Waals surface area contributed by atoms with Gasteiger partial charge < -0.3 is 14.7 Å². The molecule has 0 saturated carbocycles. The lowest BCUT2D eigenvalue weighted by molar-refractivity contribution is -0.129. The summed E-state index contributed by atoms with van der Waals surface area (Å²) in [5.41, 5.74) is 2.71. The Morgan fingerprint density at radius 1 is 1.24 bits per heavy atom. The Kier molecular flexibility index (Phi) is 4.96. The molecule has 0 bridgehead atoms. The maximum Gasteiger partial charge on any atom is 0.259 e. The summed E-state index contributed by atoms with van der Waals surface area (Å²) in [7, 11) is 0. The molecule has 2 aromatic carbocycles. The molecule has 4 rings (SSSR count). The van der Waals surface area contributed by atoms with Crippen LogP contribution in [0.3, 0.4) is 0 Å². The Hall–Kier alpha value is -3.35. The second-order valence-corrected chi connectivity index (χ2v) is 7.45. The summed E-state index contributed by atoms with van der Waals surface area (Å²) >= 11 is 0. The maximum atomic E-state index is 13.3. The van der Waals surface area contributed by atoms with Crippen LogP contribution in [0, 0.1) is 6.92 Å². The molecule has 2 amide bonds. The number of aryl methyl sites for hydroxylation is 1. The SMILES string of the molecule is Cc1cc(O)ccc1C(=O)N1CC(=O)N(CC2=NC(C)CO2)Cc2ccccc21. The second kappa shape index (κ2) is 7.58. The Morgan fingerprint density at radius 3 is 2.76 bits per heavy atom. The molecule has 2 aliphatic heterocycles. The van der Waals surface area contributed by atoms with Gasteiger partial charge in [0.1, 0.15) is 18.9 Å². The zero-order chi connectivity index (χ0) is 20.5. The van der Waals surface area contributed by atoms with Crippen molar-refractivity contribution in [1.82, 2.24) is 4.90 Å². The molecule has 2 heterocycles. The Bertz CT molecular complexity index is 1000. The summed E-state index contributed by atoms with van der Waals surface area (Å²) in [6, 6.07) is 12.2. The van der Waals surface area contributed by atoms with Gasteiger partial charge in [-0.2, -0.15) is 0 Å². The first kappa shape index (κ1) is 19.0. The number of rotatable bonds is 3. The van der Waals surface area contributed by atoms with Crippen molar-refractivity contribution in [3.05, 3.63) is 59.2 Å². The van der Waals surface area contributed by atoms with Gasteiger partial charge in [0.15, 0.2) is 0 Å². The smallest absolute Gasteiger partial charge is 0.259 e. The minimum atomic E-state index is -0.270. The van der Waals surface area contributed by atoms with Crippen molar-refractivity contribution >= 4 is 23.4 Å². The van der Waals surface area contributed by atoms with E-state index in [1.165, 1.54) is 11.0 Å². The van der Waals surface area contributed by atoms with Crippen LogP contribution in [0.15, 0.2) is 47.5 Å². The molecule has 0 spiro atoms. The van der Waals surface area contributed by atoms with E-state index in [-0.39, 0.29) is 36.7 Å². The van der Waals surface area contributed by atoms with Gasteiger partial charge in [-0.25, -0.2) is 4.99 Å². The van der Waals surface area contributed by atoms with Gasteiger partial charge in [0, 0.05) is 17.8 Å². The average Bonchev–Trinajstić information content (AvgIpc) is 3.04. The van der Waals surface area contributed by atoms with Gasteiger partial charge in [0.2, 0.25) is 11.8 Å². The van der Waals surface area contributed by atoms with Crippen molar-refractivity contribution in [2.24, 2.45) is 4.99 Å². The molecule has 7 heteroatoms. The minimum absolute atomic E-state index is 0.0704. The van der Waals surface area contributed by atoms with Gasteiger partial charge >= 0.3 is 0 Å². The molecule has 0 aromatic heterocycles. The van der Waals surface area contributed by atoms with Gasteiger partial charge in [-0.15, -0.1) is 0 Å². The quantitative estimate of drug-likeness (QED) is 0.869. The van der Waals surface area contributed by atoms with Crippen molar-refractivity contribution in [2.75, 3.05) is 24.6 Å². The fourth-order valence-corrected chi connectivity index (χ4v) is 3.67. The number of phenols is 1. The fraction of sp³-hybridized carbons (Fsp3) is 0.318. The number of nitrogens with zero attached hydrogens (tertiary/aromatic N) is 3. The number of para-hydroxylation sites is 1. The van der Waals surface area contributed by atoms with Crippen LogP contribution in [0.4, 0.5) is 5.69 Å². The standard InChI is InChI=1S/C22H23N3O4/c1-14-9-17(26)7-8-18(14)22(28)25-12-21(27)24(11-20-23-15(2)13-29-20)10-16-5-3-4-6-19(16)25/h3-9,15,26H,10-13H2,1-2H3. The van der Waals surface area contributed by atoms with Crippen LogP contribution >= 0.6 is 0 Å². The highest BCUT2D eigenvalue weighted by atomic mass is 16.5. The van der Waals surface area contributed by atoms with E-state index in [1.54, 1.807) is 24.0 Å². The largest absolute Gasteiger partial charge is 0.508 e. The third kappa shape index (κ3) is 3.81. The monoisotopic (exact) mass is 393 g/mol. The summed E-state index contributed by atoms with van der Waals surface area (Å²) in [5, 5.41) is 9.65. The van der Waals surface area contributed by atoms with Crippen LogP contribution in [-0.4, -0.2) is 53.5 Å². The molecule has 7 nitrogen and oxygen atoms in total. The molecule has 1 N–H and O–H groups in total. The molecular formula is C22H23N3O4. The summed E-state index contributed by atoms with van der Waals surface area (Å²) in [4.78, 5) is 33.9. The van der Waals surface area contributed by atoms with Gasteiger partial charge in [-0.05, 0) is 49.2 Å². The van der Waals surface area contributed by atoms with E-state index < -0.39 is 0 Å². The van der Waals surface area contributed by atoms with E-state index in [4.69, 9.17) is 4.74 Å². The van der Waals surface area contributed by atoms with Gasteiger partial charge in [-0.1, -0.05) is 18.2 Å². The summed E-state index contributed by atoms with van der Waals surface area (Å²) in [6.45, 7) is 4.86. The number of carbonyl (C=O) groups excluding carboxylic acids is 2. The lowest BCUT2D eigenvalue weighted by Gasteiger charge is -2.23. The van der Waals surface area contributed by atoms with Crippen LogP contribution in [0.2, 0.25) is 0 Å². The van der Waals surface area contributed by atoms with Gasteiger partial charge in [0.25, 0.3) is 5.91 Å².